The fraction of sp³-hybridized carbons (Fsp3) is 0.364. The highest BCUT2D eigenvalue weighted by molar-refractivity contribution is 6.19. The van der Waals surface area contributed by atoms with E-state index in [0.717, 1.165) is 19.3 Å². The van der Waals surface area contributed by atoms with Crippen LogP contribution in [0.15, 0.2) is 47.5 Å². The van der Waals surface area contributed by atoms with Gasteiger partial charge < -0.3 is 10.0 Å². The van der Waals surface area contributed by atoms with Gasteiger partial charge >= 0.3 is 0 Å². The molecule has 0 aromatic heterocycles. The van der Waals surface area contributed by atoms with E-state index in [9.17, 15) is 14.3 Å². The van der Waals surface area contributed by atoms with E-state index < -0.39 is 5.82 Å². The van der Waals surface area contributed by atoms with Gasteiger partial charge in [-0.2, -0.15) is 0 Å². The minimum absolute atomic E-state index is 0.0397. The number of fused-ring (bicyclic) bond motifs is 1. The van der Waals surface area contributed by atoms with E-state index in [1.54, 1.807) is 41.3 Å². The second kappa shape index (κ2) is 8.33. The number of rotatable bonds is 6. The lowest BCUT2D eigenvalue weighted by atomic mass is 9.97. The number of carbonyl (C=O) groups excluding carboxylic acids is 1. The van der Waals surface area contributed by atoms with Gasteiger partial charge in [0.1, 0.15) is 18.1 Å². The normalized spacial score (nSPS) is 14.1. The van der Waals surface area contributed by atoms with Crippen LogP contribution >= 0.6 is 0 Å². The van der Waals surface area contributed by atoms with Crippen LogP contribution in [0.2, 0.25) is 0 Å². The number of carbonyl (C=O) groups is 1. The van der Waals surface area contributed by atoms with Crippen molar-refractivity contribution in [3.05, 3.63) is 59.4 Å². The Morgan fingerprint density at radius 1 is 1.15 bits per heavy atom. The Bertz CT molecular complexity index is 859. The van der Waals surface area contributed by atoms with Crippen molar-refractivity contribution in [2.75, 3.05) is 18.0 Å². The zero-order valence-electron chi connectivity index (χ0n) is 15.8. The number of aromatic hydroxyl groups is 1. The Hall–Kier alpha value is -2.69. The minimum atomic E-state index is -0.400. The summed E-state index contributed by atoms with van der Waals surface area (Å²) in [5.41, 5.74) is 1.98. The summed E-state index contributed by atoms with van der Waals surface area (Å²) < 4.78 is 14.4. The Balaban J connectivity index is 2.04. The third kappa shape index (κ3) is 4.02. The smallest absolute Gasteiger partial charge is 0.248 e. The predicted molar refractivity (Wildman–Crippen MR) is 106 cm³/mol. The molecule has 0 unspecified atom stereocenters. The van der Waals surface area contributed by atoms with Gasteiger partial charge in [0, 0.05) is 17.7 Å². The lowest BCUT2D eigenvalue weighted by Gasteiger charge is -2.25. The highest BCUT2D eigenvalue weighted by atomic mass is 19.1. The highest BCUT2D eigenvalue weighted by Crippen LogP contribution is 2.31. The molecular weight excluding hydrogens is 343 g/mol. The van der Waals surface area contributed by atoms with Gasteiger partial charge in [0.05, 0.1) is 11.4 Å². The molecule has 4 nitrogen and oxygen atoms in total. The maximum atomic E-state index is 14.4. The Kier molecular flexibility index (Phi) is 5.89. The average molecular weight is 368 g/mol. The number of halogens is 1. The molecule has 2 aromatic carbocycles. The van der Waals surface area contributed by atoms with Crippen LogP contribution in [0, 0.1) is 11.7 Å². The molecule has 1 heterocycles. The number of nitrogens with zero attached hydrogens (tertiary/aromatic N) is 2. The van der Waals surface area contributed by atoms with Gasteiger partial charge in [0.15, 0.2) is 0 Å². The van der Waals surface area contributed by atoms with Crippen LogP contribution in [0.4, 0.5) is 10.1 Å². The van der Waals surface area contributed by atoms with Crippen LogP contribution in [-0.2, 0) is 4.79 Å². The number of hydrogen-bond acceptors (Lipinski definition) is 3. The zero-order valence-corrected chi connectivity index (χ0v) is 15.8. The molecule has 0 saturated carbocycles. The monoisotopic (exact) mass is 368 g/mol. The molecule has 0 aliphatic carbocycles. The third-order valence-corrected chi connectivity index (χ3v) is 5.24. The third-order valence-electron chi connectivity index (χ3n) is 5.24. The van der Waals surface area contributed by atoms with Crippen molar-refractivity contribution in [2.24, 2.45) is 10.9 Å². The maximum Gasteiger partial charge on any atom is 0.248 e. The van der Waals surface area contributed by atoms with E-state index in [1.165, 1.54) is 6.07 Å². The number of amides is 1. The summed E-state index contributed by atoms with van der Waals surface area (Å²) >= 11 is 0. The first-order chi connectivity index (χ1) is 13.0. The second-order valence-electron chi connectivity index (χ2n) is 6.86. The molecule has 1 amide bonds. The Labute approximate surface area is 159 Å². The molecule has 1 aliphatic heterocycles. The van der Waals surface area contributed by atoms with Crippen LogP contribution in [0.1, 0.15) is 44.2 Å². The van der Waals surface area contributed by atoms with Gasteiger partial charge in [-0.25, -0.2) is 4.39 Å². The summed E-state index contributed by atoms with van der Waals surface area (Å²) in [4.78, 5) is 18.9. The number of benzene rings is 2. The lowest BCUT2D eigenvalue weighted by molar-refractivity contribution is -0.117. The quantitative estimate of drug-likeness (QED) is 0.814. The summed E-state index contributed by atoms with van der Waals surface area (Å²) in [5, 5.41) is 10.0. The molecule has 0 bridgehead atoms. The molecule has 1 N–H and O–H groups in total. The molecule has 0 spiro atoms. The van der Waals surface area contributed by atoms with Gasteiger partial charge in [-0.3, -0.25) is 9.79 Å². The van der Waals surface area contributed by atoms with Gasteiger partial charge in [-0.1, -0.05) is 38.8 Å². The fourth-order valence-corrected chi connectivity index (χ4v) is 3.54. The van der Waals surface area contributed by atoms with E-state index in [2.05, 4.69) is 18.8 Å². The Morgan fingerprint density at radius 3 is 2.59 bits per heavy atom. The Morgan fingerprint density at radius 2 is 1.89 bits per heavy atom. The van der Waals surface area contributed by atoms with Gasteiger partial charge in [0.25, 0.3) is 0 Å². The SMILES string of the molecule is CCC(CC)CCN1C(=O)CN=C(c2ccccc2F)c2cc(O)ccc21. The molecule has 0 saturated heterocycles. The zero-order chi connectivity index (χ0) is 19.4. The summed E-state index contributed by atoms with van der Waals surface area (Å²) in [6.45, 7) is 4.86. The topological polar surface area (TPSA) is 52.9 Å². The van der Waals surface area contributed by atoms with E-state index in [4.69, 9.17) is 0 Å². The molecule has 2 aromatic rings. The predicted octanol–water partition coefficient (Wildman–Crippen LogP) is 4.54. The molecule has 1 aliphatic rings. The standard InChI is InChI=1S/C22H25FN2O2/c1-3-15(4-2)11-12-25-20-10-9-16(26)13-18(20)22(24-14-21(25)27)17-7-5-6-8-19(17)23/h5-10,13,15,26H,3-4,11-12,14H2,1-2H3. The van der Waals surface area contributed by atoms with Crippen LogP contribution in [0.5, 0.6) is 5.75 Å². The molecular formula is C22H25FN2O2. The van der Waals surface area contributed by atoms with Crippen molar-refractivity contribution in [2.45, 2.75) is 33.1 Å². The molecule has 142 valence electrons. The highest BCUT2D eigenvalue weighted by Gasteiger charge is 2.26. The van der Waals surface area contributed by atoms with Crippen molar-refractivity contribution >= 4 is 17.3 Å². The van der Waals surface area contributed by atoms with Crippen molar-refractivity contribution in [3.63, 3.8) is 0 Å². The van der Waals surface area contributed by atoms with Gasteiger partial charge in [0.2, 0.25) is 5.91 Å². The number of anilines is 1. The number of aliphatic imine (C=N–C) groups is 1. The van der Waals surface area contributed by atoms with E-state index in [1.807, 2.05) is 0 Å². The summed E-state index contributed by atoms with van der Waals surface area (Å²) in [6.07, 6.45) is 3.03. The molecule has 0 radical (unpaired) electrons. The molecule has 0 fully saturated rings. The summed E-state index contributed by atoms with van der Waals surface area (Å²) in [6, 6.07) is 11.2. The fourth-order valence-electron chi connectivity index (χ4n) is 3.54. The van der Waals surface area contributed by atoms with Crippen LogP contribution in [0.25, 0.3) is 0 Å². The number of benzodiazepines with no additional fused rings is 1. The first-order valence-electron chi connectivity index (χ1n) is 9.48. The second-order valence-corrected chi connectivity index (χ2v) is 6.86. The maximum absolute atomic E-state index is 14.4. The summed E-state index contributed by atoms with van der Waals surface area (Å²) in [5.74, 6) is 0.100. The number of hydrogen-bond donors (Lipinski definition) is 1. The number of phenolic OH excluding ortho intramolecular Hbond substituents is 1. The van der Waals surface area contributed by atoms with Crippen LogP contribution < -0.4 is 4.90 Å². The van der Waals surface area contributed by atoms with Crippen LogP contribution in [-0.4, -0.2) is 29.8 Å². The largest absolute Gasteiger partial charge is 0.508 e. The van der Waals surface area contributed by atoms with Crippen LogP contribution in [0.3, 0.4) is 0 Å². The molecule has 5 heteroatoms. The lowest BCUT2D eigenvalue weighted by Crippen LogP contribution is -2.34. The van der Waals surface area contributed by atoms with Gasteiger partial charge in [-0.15, -0.1) is 0 Å². The van der Waals surface area contributed by atoms with Crippen molar-refractivity contribution in [3.8, 4) is 5.75 Å². The number of phenols is 1. The van der Waals surface area contributed by atoms with E-state index in [-0.39, 0.29) is 18.2 Å². The average Bonchev–Trinajstić information content (AvgIpc) is 2.80. The van der Waals surface area contributed by atoms with Crippen molar-refractivity contribution in [1.29, 1.82) is 0 Å². The molecule has 0 atom stereocenters. The first kappa shape index (κ1) is 19.1. The first-order valence-corrected chi connectivity index (χ1v) is 9.48. The van der Waals surface area contributed by atoms with Crippen molar-refractivity contribution in [1.82, 2.24) is 0 Å². The molecule has 3 rings (SSSR count). The van der Waals surface area contributed by atoms with E-state index >= 15 is 0 Å². The van der Waals surface area contributed by atoms with Crippen molar-refractivity contribution < 1.29 is 14.3 Å². The summed E-state index contributed by atoms with van der Waals surface area (Å²) in [7, 11) is 0. The van der Waals surface area contributed by atoms with Gasteiger partial charge in [-0.05, 0) is 42.7 Å². The molecule has 27 heavy (non-hydrogen) atoms. The minimum Gasteiger partial charge on any atom is -0.508 e. The van der Waals surface area contributed by atoms with E-state index in [0.29, 0.717) is 35.0 Å².